The molecule has 90 valence electrons. The number of ether oxygens (including phenoxy) is 2. The lowest BCUT2D eigenvalue weighted by molar-refractivity contribution is -0.144. The molecule has 0 bridgehead atoms. The largest absolute Gasteiger partial charge is 0.464 e. The molecule has 0 radical (unpaired) electrons. The highest BCUT2D eigenvalue weighted by Gasteiger charge is 2.73. The maximum absolute atomic E-state index is 11.8. The van der Waals surface area contributed by atoms with Crippen LogP contribution in [0.5, 0.6) is 0 Å². The van der Waals surface area contributed by atoms with Gasteiger partial charge in [0.15, 0.2) is 6.10 Å². The van der Waals surface area contributed by atoms with E-state index in [0.29, 0.717) is 12.0 Å². The molecule has 0 N–H and O–H groups in total. The maximum atomic E-state index is 11.8. The average Bonchev–Trinajstić information content (AvgIpc) is 2.68. The van der Waals surface area contributed by atoms with Crippen molar-refractivity contribution < 1.29 is 14.3 Å². The summed E-state index contributed by atoms with van der Waals surface area (Å²) in [6, 6.07) is 0. The highest BCUT2D eigenvalue weighted by atomic mass is 16.7. The van der Waals surface area contributed by atoms with E-state index in [1.807, 2.05) is 6.92 Å². The van der Waals surface area contributed by atoms with Crippen LogP contribution < -0.4 is 0 Å². The van der Waals surface area contributed by atoms with Crippen LogP contribution in [0.25, 0.3) is 0 Å². The third-order valence-electron chi connectivity index (χ3n) is 4.86. The zero-order valence-corrected chi connectivity index (χ0v) is 9.96. The van der Waals surface area contributed by atoms with Crippen molar-refractivity contribution in [2.75, 3.05) is 6.61 Å². The van der Waals surface area contributed by atoms with E-state index >= 15 is 0 Å². The summed E-state index contributed by atoms with van der Waals surface area (Å²) in [6.45, 7) is 2.31. The molecule has 1 aliphatic heterocycles. The lowest BCUT2D eigenvalue weighted by atomic mass is 9.74. The monoisotopic (exact) mass is 224 g/mol. The topological polar surface area (TPSA) is 38.8 Å². The number of epoxide rings is 1. The van der Waals surface area contributed by atoms with Crippen LogP contribution in [0.1, 0.15) is 51.9 Å². The van der Waals surface area contributed by atoms with E-state index in [-0.39, 0.29) is 17.7 Å². The van der Waals surface area contributed by atoms with E-state index in [0.717, 1.165) is 6.42 Å². The Bertz CT molecular complexity index is 301. The van der Waals surface area contributed by atoms with Crippen LogP contribution in [-0.2, 0) is 14.3 Å². The van der Waals surface area contributed by atoms with E-state index in [9.17, 15) is 4.79 Å². The summed E-state index contributed by atoms with van der Waals surface area (Å²) < 4.78 is 10.9. The first-order chi connectivity index (χ1) is 7.74. The van der Waals surface area contributed by atoms with Crippen molar-refractivity contribution in [1.29, 1.82) is 0 Å². The fourth-order valence-electron chi connectivity index (χ4n) is 4.12. The minimum Gasteiger partial charge on any atom is -0.464 e. The Kier molecular flexibility index (Phi) is 2.29. The Balaban J connectivity index is 1.77. The molecule has 2 unspecified atom stereocenters. The van der Waals surface area contributed by atoms with Gasteiger partial charge in [-0.25, -0.2) is 4.79 Å². The smallest absolute Gasteiger partial charge is 0.338 e. The molecule has 1 heterocycles. The molecule has 2 atom stereocenters. The Morgan fingerprint density at radius 1 is 1.25 bits per heavy atom. The van der Waals surface area contributed by atoms with Gasteiger partial charge in [0.05, 0.1) is 6.61 Å². The second-order valence-corrected chi connectivity index (χ2v) is 5.48. The van der Waals surface area contributed by atoms with Gasteiger partial charge in [-0.2, -0.15) is 0 Å². The molecule has 3 nitrogen and oxygen atoms in total. The Labute approximate surface area is 96.5 Å². The standard InChI is InChI=1S/C13H20O3/c1-2-15-11(14)10-13(16-10)9-5-8-12(13)6-3-4-7-12/h10H,2-9H2,1H3. The van der Waals surface area contributed by atoms with E-state index in [4.69, 9.17) is 9.47 Å². The molecule has 3 fully saturated rings. The van der Waals surface area contributed by atoms with Crippen LogP contribution in [-0.4, -0.2) is 24.3 Å². The summed E-state index contributed by atoms with van der Waals surface area (Å²) in [5.41, 5.74) is 0.209. The zero-order valence-electron chi connectivity index (χ0n) is 9.96. The molecule has 2 saturated carbocycles. The minimum absolute atomic E-state index is 0.115. The van der Waals surface area contributed by atoms with Gasteiger partial charge in [-0.05, 0) is 39.0 Å². The molecule has 3 heteroatoms. The number of hydrogen-bond acceptors (Lipinski definition) is 3. The molecule has 0 aromatic heterocycles. The fourth-order valence-corrected chi connectivity index (χ4v) is 4.12. The van der Waals surface area contributed by atoms with Crippen molar-refractivity contribution in [3.63, 3.8) is 0 Å². The van der Waals surface area contributed by atoms with Gasteiger partial charge in [0.1, 0.15) is 5.60 Å². The Hall–Kier alpha value is -0.570. The quantitative estimate of drug-likeness (QED) is 0.534. The van der Waals surface area contributed by atoms with Crippen LogP contribution in [0.4, 0.5) is 0 Å². The summed E-state index contributed by atoms with van der Waals surface area (Å²) >= 11 is 0. The minimum atomic E-state index is -0.243. The number of fused-ring (bicyclic) bond motifs is 1. The molecule has 0 amide bonds. The van der Waals surface area contributed by atoms with E-state index in [1.54, 1.807) is 0 Å². The van der Waals surface area contributed by atoms with Crippen LogP contribution >= 0.6 is 0 Å². The van der Waals surface area contributed by atoms with Crippen molar-refractivity contribution in [3.8, 4) is 0 Å². The van der Waals surface area contributed by atoms with Gasteiger partial charge in [0.2, 0.25) is 0 Å². The summed E-state index contributed by atoms with van der Waals surface area (Å²) in [6.07, 6.45) is 8.41. The molecule has 3 aliphatic rings. The molecule has 0 aromatic rings. The Morgan fingerprint density at radius 2 is 1.94 bits per heavy atom. The van der Waals surface area contributed by atoms with Crippen LogP contribution in [0.2, 0.25) is 0 Å². The van der Waals surface area contributed by atoms with Gasteiger partial charge in [0, 0.05) is 5.41 Å². The van der Waals surface area contributed by atoms with Crippen LogP contribution in [0.15, 0.2) is 0 Å². The van der Waals surface area contributed by atoms with Gasteiger partial charge >= 0.3 is 5.97 Å². The fraction of sp³-hybridized carbons (Fsp3) is 0.923. The first-order valence-corrected chi connectivity index (χ1v) is 6.59. The summed E-state index contributed by atoms with van der Waals surface area (Å²) in [5, 5.41) is 0. The predicted molar refractivity (Wildman–Crippen MR) is 59.0 cm³/mol. The molecular weight excluding hydrogens is 204 g/mol. The van der Waals surface area contributed by atoms with Gasteiger partial charge < -0.3 is 9.47 Å². The SMILES string of the molecule is CCOC(=O)C1OC12CCCC21CCCC1. The number of carbonyl (C=O) groups excluding carboxylic acids is 1. The summed E-state index contributed by atoms with van der Waals surface area (Å²) in [7, 11) is 0. The normalized spacial score (nSPS) is 39.4. The van der Waals surface area contributed by atoms with Crippen molar-refractivity contribution >= 4 is 5.97 Å². The number of hydrogen-bond donors (Lipinski definition) is 0. The molecule has 0 aromatic carbocycles. The average molecular weight is 224 g/mol. The van der Waals surface area contributed by atoms with Gasteiger partial charge in [-0.1, -0.05) is 12.8 Å². The zero-order chi connectivity index (χ0) is 11.2. The summed E-state index contributed by atoms with van der Waals surface area (Å²) in [4.78, 5) is 11.8. The highest BCUT2D eigenvalue weighted by molar-refractivity contribution is 5.80. The number of esters is 1. The molecular formula is C13H20O3. The molecule has 3 rings (SSSR count). The predicted octanol–water partition coefficient (Wildman–Crippen LogP) is 2.43. The molecule has 2 aliphatic carbocycles. The van der Waals surface area contributed by atoms with Gasteiger partial charge in [-0.3, -0.25) is 0 Å². The maximum Gasteiger partial charge on any atom is 0.338 e. The molecule has 16 heavy (non-hydrogen) atoms. The van der Waals surface area contributed by atoms with Crippen LogP contribution in [0.3, 0.4) is 0 Å². The van der Waals surface area contributed by atoms with Crippen molar-refractivity contribution in [2.45, 2.75) is 63.6 Å². The first-order valence-electron chi connectivity index (χ1n) is 6.59. The highest BCUT2D eigenvalue weighted by Crippen LogP contribution is 2.66. The van der Waals surface area contributed by atoms with Gasteiger partial charge in [0.25, 0.3) is 0 Å². The summed E-state index contributed by atoms with van der Waals surface area (Å²) in [5.74, 6) is -0.129. The Morgan fingerprint density at radius 3 is 2.62 bits per heavy atom. The van der Waals surface area contributed by atoms with E-state index < -0.39 is 0 Å². The lowest BCUT2D eigenvalue weighted by Crippen LogP contribution is -2.35. The molecule has 2 spiro atoms. The van der Waals surface area contributed by atoms with Crippen molar-refractivity contribution in [1.82, 2.24) is 0 Å². The molecule has 1 saturated heterocycles. The van der Waals surface area contributed by atoms with E-state index in [1.165, 1.54) is 38.5 Å². The second kappa shape index (κ2) is 3.46. The van der Waals surface area contributed by atoms with Crippen molar-refractivity contribution in [2.24, 2.45) is 5.41 Å². The van der Waals surface area contributed by atoms with E-state index in [2.05, 4.69) is 0 Å². The van der Waals surface area contributed by atoms with Gasteiger partial charge in [-0.15, -0.1) is 0 Å². The van der Waals surface area contributed by atoms with Crippen LogP contribution in [0, 0.1) is 5.41 Å². The lowest BCUT2D eigenvalue weighted by Gasteiger charge is -2.28. The first kappa shape index (κ1) is 10.6. The van der Waals surface area contributed by atoms with Crippen molar-refractivity contribution in [3.05, 3.63) is 0 Å². The number of rotatable bonds is 2. The number of carbonyl (C=O) groups is 1. The second-order valence-electron chi connectivity index (χ2n) is 5.48. The third kappa shape index (κ3) is 1.21. The third-order valence-corrected chi connectivity index (χ3v) is 4.86.